The molecule has 1 fully saturated rings. The van der Waals surface area contributed by atoms with E-state index in [1.807, 2.05) is 12.1 Å². The molecule has 2 aromatic carbocycles. The molecule has 1 atom stereocenters. The van der Waals surface area contributed by atoms with E-state index < -0.39 is 0 Å². The molecule has 0 aliphatic carbocycles. The van der Waals surface area contributed by atoms with Gasteiger partial charge in [0.05, 0.1) is 19.3 Å². The first kappa shape index (κ1) is 23.5. The zero-order valence-electron chi connectivity index (χ0n) is 19.4. The van der Waals surface area contributed by atoms with E-state index in [1.165, 1.54) is 16.7 Å². The summed E-state index contributed by atoms with van der Waals surface area (Å²) < 4.78 is 5.53. The quantitative estimate of drug-likeness (QED) is 0.661. The monoisotopic (exact) mass is 423 g/mol. The van der Waals surface area contributed by atoms with Gasteiger partial charge in [-0.05, 0) is 50.6 Å². The summed E-state index contributed by atoms with van der Waals surface area (Å²) in [6.45, 7) is 14.5. The number of carbonyl (C=O) groups excluding carboxylic acids is 1. The molecule has 1 heterocycles. The second-order valence-corrected chi connectivity index (χ2v) is 8.64. The van der Waals surface area contributed by atoms with Gasteiger partial charge >= 0.3 is 0 Å². The minimum absolute atomic E-state index is 0.0198. The van der Waals surface area contributed by atoms with Crippen LogP contribution in [0.5, 0.6) is 0 Å². The average molecular weight is 424 g/mol. The molecule has 3 rings (SSSR count). The largest absolute Gasteiger partial charge is 0.379 e. The topological polar surface area (TPSA) is 44.8 Å². The van der Waals surface area contributed by atoms with E-state index in [9.17, 15) is 4.79 Å². The first-order valence-corrected chi connectivity index (χ1v) is 11.5. The van der Waals surface area contributed by atoms with Gasteiger partial charge in [0.15, 0.2) is 0 Å². The first-order chi connectivity index (χ1) is 15.0. The Morgan fingerprint density at radius 2 is 1.84 bits per heavy atom. The Kier molecular flexibility index (Phi) is 8.64. The summed E-state index contributed by atoms with van der Waals surface area (Å²) in [5.74, 6) is -0.0198. The summed E-state index contributed by atoms with van der Waals surface area (Å²) in [5, 5.41) is 3.17. The zero-order chi connectivity index (χ0) is 22.2. The molecule has 0 radical (unpaired) electrons. The molecule has 1 N–H and O–H groups in total. The van der Waals surface area contributed by atoms with Crippen molar-refractivity contribution in [1.82, 2.24) is 15.1 Å². The number of morpholine rings is 1. The lowest BCUT2D eigenvalue weighted by atomic mass is 10.0. The molecular formula is C26H37N3O2. The van der Waals surface area contributed by atoms with Gasteiger partial charge in [-0.2, -0.15) is 0 Å². The number of benzene rings is 2. The summed E-state index contributed by atoms with van der Waals surface area (Å²) in [4.78, 5) is 17.7. The van der Waals surface area contributed by atoms with Gasteiger partial charge in [0.2, 0.25) is 0 Å². The van der Waals surface area contributed by atoms with Crippen LogP contribution in [0.2, 0.25) is 0 Å². The van der Waals surface area contributed by atoms with Crippen molar-refractivity contribution < 1.29 is 9.53 Å². The van der Waals surface area contributed by atoms with E-state index >= 15 is 0 Å². The molecule has 1 saturated heterocycles. The lowest BCUT2D eigenvalue weighted by molar-refractivity contribution is 0.0162. The third kappa shape index (κ3) is 6.63. The average Bonchev–Trinajstić information content (AvgIpc) is 2.78. The van der Waals surface area contributed by atoms with Crippen molar-refractivity contribution >= 4 is 5.91 Å². The van der Waals surface area contributed by atoms with E-state index in [0.29, 0.717) is 18.2 Å². The Balaban J connectivity index is 1.65. The SMILES string of the molecule is CCN(Cc1ccc(C(=O)NCC(c2cccc(C)c2)N2CCOCC2)cc1)C(C)C. The summed E-state index contributed by atoms with van der Waals surface area (Å²) in [6.07, 6.45) is 0. The zero-order valence-corrected chi connectivity index (χ0v) is 19.4. The lowest BCUT2D eigenvalue weighted by Gasteiger charge is -2.35. The van der Waals surface area contributed by atoms with Crippen molar-refractivity contribution in [3.63, 3.8) is 0 Å². The fourth-order valence-corrected chi connectivity index (χ4v) is 4.17. The smallest absolute Gasteiger partial charge is 0.251 e. The summed E-state index contributed by atoms with van der Waals surface area (Å²) >= 11 is 0. The van der Waals surface area contributed by atoms with Crippen LogP contribution in [0.15, 0.2) is 48.5 Å². The number of aryl methyl sites for hydroxylation is 1. The van der Waals surface area contributed by atoms with Crippen molar-refractivity contribution in [3.8, 4) is 0 Å². The van der Waals surface area contributed by atoms with E-state index in [0.717, 1.165) is 39.4 Å². The van der Waals surface area contributed by atoms with Crippen molar-refractivity contribution in [3.05, 3.63) is 70.8 Å². The van der Waals surface area contributed by atoms with Crippen molar-refractivity contribution in [2.45, 2.75) is 46.3 Å². The Morgan fingerprint density at radius 1 is 1.13 bits per heavy atom. The third-order valence-corrected chi connectivity index (χ3v) is 6.11. The normalized spacial score (nSPS) is 15.9. The van der Waals surface area contributed by atoms with Crippen molar-refractivity contribution in [1.29, 1.82) is 0 Å². The maximum absolute atomic E-state index is 12.9. The Labute approximate surface area is 187 Å². The van der Waals surface area contributed by atoms with Crippen LogP contribution in [0, 0.1) is 6.92 Å². The summed E-state index contributed by atoms with van der Waals surface area (Å²) in [6, 6.07) is 17.2. The molecule has 5 heteroatoms. The second-order valence-electron chi connectivity index (χ2n) is 8.64. The number of amides is 1. The molecule has 168 valence electrons. The van der Waals surface area contributed by atoms with Gasteiger partial charge in [0.25, 0.3) is 5.91 Å². The highest BCUT2D eigenvalue weighted by molar-refractivity contribution is 5.94. The third-order valence-electron chi connectivity index (χ3n) is 6.11. The van der Waals surface area contributed by atoms with Gasteiger partial charge in [-0.3, -0.25) is 14.6 Å². The van der Waals surface area contributed by atoms with Crippen LogP contribution in [-0.4, -0.2) is 61.1 Å². The van der Waals surface area contributed by atoms with Gasteiger partial charge in [-0.15, -0.1) is 0 Å². The molecule has 5 nitrogen and oxygen atoms in total. The number of carbonyl (C=O) groups is 1. The van der Waals surface area contributed by atoms with Crippen LogP contribution in [0.4, 0.5) is 0 Å². The van der Waals surface area contributed by atoms with E-state index in [2.05, 4.69) is 79.2 Å². The number of hydrogen-bond acceptors (Lipinski definition) is 4. The molecule has 1 unspecified atom stereocenters. The van der Waals surface area contributed by atoms with Crippen LogP contribution in [0.1, 0.15) is 53.9 Å². The summed E-state index contributed by atoms with van der Waals surface area (Å²) in [7, 11) is 0. The molecule has 1 amide bonds. The molecule has 2 aromatic rings. The molecule has 0 aromatic heterocycles. The number of rotatable bonds is 9. The number of nitrogens with zero attached hydrogens (tertiary/aromatic N) is 2. The molecule has 0 saturated carbocycles. The van der Waals surface area contributed by atoms with Gasteiger partial charge in [0.1, 0.15) is 0 Å². The van der Waals surface area contributed by atoms with Crippen LogP contribution in [0.25, 0.3) is 0 Å². The Bertz CT molecular complexity index is 829. The highest BCUT2D eigenvalue weighted by Crippen LogP contribution is 2.22. The van der Waals surface area contributed by atoms with Crippen LogP contribution < -0.4 is 5.32 Å². The fraction of sp³-hybridized carbons (Fsp3) is 0.500. The molecule has 0 spiro atoms. The number of nitrogens with one attached hydrogen (secondary N) is 1. The first-order valence-electron chi connectivity index (χ1n) is 11.5. The molecular weight excluding hydrogens is 386 g/mol. The minimum Gasteiger partial charge on any atom is -0.379 e. The maximum Gasteiger partial charge on any atom is 0.251 e. The maximum atomic E-state index is 12.9. The molecule has 1 aliphatic heterocycles. The van der Waals surface area contributed by atoms with Crippen LogP contribution >= 0.6 is 0 Å². The highest BCUT2D eigenvalue weighted by Gasteiger charge is 2.23. The van der Waals surface area contributed by atoms with Crippen LogP contribution in [-0.2, 0) is 11.3 Å². The lowest BCUT2D eigenvalue weighted by Crippen LogP contribution is -2.43. The Hall–Kier alpha value is -2.21. The van der Waals surface area contributed by atoms with E-state index in [1.54, 1.807) is 0 Å². The van der Waals surface area contributed by atoms with Gasteiger partial charge < -0.3 is 10.1 Å². The van der Waals surface area contributed by atoms with Gasteiger partial charge in [-0.25, -0.2) is 0 Å². The number of hydrogen-bond donors (Lipinski definition) is 1. The molecule has 31 heavy (non-hydrogen) atoms. The molecule has 1 aliphatic rings. The highest BCUT2D eigenvalue weighted by atomic mass is 16.5. The van der Waals surface area contributed by atoms with Crippen molar-refractivity contribution in [2.75, 3.05) is 39.4 Å². The van der Waals surface area contributed by atoms with E-state index in [4.69, 9.17) is 4.74 Å². The second kappa shape index (κ2) is 11.4. The standard InChI is InChI=1S/C26H37N3O2/c1-5-28(20(2)3)19-22-9-11-23(12-10-22)26(30)27-18-25(29-13-15-31-16-14-29)24-8-6-7-21(4)17-24/h6-12,17,20,25H,5,13-16,18-19H2,1-4H3,(H,27,30). The van der Waals surface area contributed by atoms with Crippen LogP contribution in [0.3, 0.4) is 0 Å². The van der Waals surface area contributed by atoms with Crippen molar-refractivity contribution in [2.24, 2.45) is 0 Å². The predicted octanol–water partition coefficient (Wildman–Crippen LogP) is 4.03. The minimum atomic E-state index is -0.0198. The fourth-order valence-electron chi connectivity index (χ4n) is 4.17. The summed E-state index contributed by atoms with van der Waals surface area (Å²) in [5.41, 5.74) is 4.42. The van der Waals surface area contributed by atoms with E-state index in [-0.39, 0.29) is 11.9 Å². The number of ether oxygens (including phenoxy) is 1. The van der Waals surface area contributed by atoms with Gasteiger partial charge in [0, 0.05) is 37.8 Å². The van der Waals surface area contributed by atoms with Gasteiger partial charge in [-0.1, -0.05) is 48.9 Å². The molecule has 0 bridgehead atoms. The predicted molar refractivity (Wildman–Crippen MR) is 126 cm³/mol. The Morgan fingerprint density at radius 3 is 2.45 bits per heavy atom.